The van der Waals surface area contributed by atoms with Crippen LogP contribution in [0.3, 0.4) is 0 Å². The molecule has 24 heavy (non-hydrogen) atoms. The van der Waals surface area contributed by atoms with Crippen LogP contribution in [0.1, 0.15) is 37.0 Å². The molecule has 1 aliphatic heterocycles. The van der Waals surface area contributed by atoms with Crippen LogP contribution in [0.4, 0.5) is 0 Å². The molecule has 2 rings (SSSR count). The summed E-state index contributed by atoms with van der Waals surface area (Å²) >= 11 is 6.26. The molecular formula is C17H23ClN2O4. The quantitative estimate of drug-likeness (QED) is 0.849. The lowest BCUT2D eigenvalue weighted by Gasteiger charge is -2.35. The summed E-state index contributed by atoms with van der Waals surface area (Å²) < 4.78 is 10.7. The third kappa shape index (κ3) is 3.49. The highest BCUT2D eigenvalue weighted by atomic mass is 35.5. The molecule has 7 heteroatoms. The predicted octanol–water partition coefficient (Wildman–Crippen LogP) is 2.23. The molecule has 0 radical (unpaired) electrons. The van der Waals surface area contributed by atoms with Gasteiger partial charge in [0.25, 0.3) is 5.91 Å². The molecule has 0 bridgehead atoms. The summed E-state index contributed by atoms with van der Waals surface area (Å²) in [5.41, 5.74) is 4.77. The smallest absolute Gasteiger partial charge is 0.256 e. The van der Waals surface area contributed by atoms with E-state index in [1.165, 1.54) is 12.0 Å². The number of carbonyl (C=O) groups excluding carboxylic acids is 2. The van der Waals surface area contributed by atoms with Crippen molar-refractivity contribution in [1.29, 1.82) is 0 Å². The first-order chi connectivity index (χ1) is 11.3. The fraction of sp³-hybridized carbons (Fsp3) is 0.529. The van der Waals surface area contributed by atoms with Gasteiger partial charge >= 0.3 is 0 Å². The summed E-state index contributed by atoms with van der Waals surface area (Å²) in [7, 11) is 1.48. The molecule has 1 saturated heterocycles. The average Bonchev–Trinajstić information content (AvgIpc) is 2.91. The van der Waals surface area contributed by atoms with Crippen LogP contribution < -0.4 is 10.5 Å². The zero-order valence-corrected chi connectivity index (χ0v) is 14.9. The number of hydrogen-bond donors (Lipinski definition) is 1. The first-order valence-corrected chi connectivity index (χ1v) is 8.26. The van der Waals surface area contributed by atoms with Crippen LogP contribution in [-0.4, -0.2) is 48.6 Å². The Morgan fingerprint density at radius 2 is 2.12 bits per heavy atom. The molecule has 1 heterocycles. The SMILES string of the molecule is COCC1(C(N)=O)CCCN1C(=O)c1ccc(OC(C)C)cc1Cl. The van der Waals surface area contributed by atoms with Gasteiger partial charge in [0.1, 0.15) is 11.3 Å². The van der Waals surface area contributed by atoms with Crippen molar-refractivity contribution >= 4 is 23.4 Å². The number of nitrogens with zero attached hydrogens (tertiary/aromatic N) is 1. The molecule has 2 N–H and O–H groups in total. The molecule has 0 aromatic heterocycles. The Bertz CT molecular complexity index is 635. The minimum Gasteiger partial charge on any atom is -0.491 e. The predicted molar refractivity (Wildman–Crippen MR) is 91.3 cm³/mol. The van der Waals surface area contributed by atoms with Crippen molar-refractivity contribution in [2.75, 3.05) is 20.3 Å². The maximum atomic E-state index is 12.9. The zero-order chi connectivity index (χ0) is 17.9. The molecule has 2 amide bonds. The van der Waals surface area contributed by atoms with Gasteiger partial charge in [0.05, 0.1) is 23.3 Å². The Kier molecular flexibility index (Phi) is 5.72. The van der Waals surface area contributed by atoms with Gasteiger partial charge in [-0.05, 0) is 44.9 Å². The van der Waals surface area contributed by atoms with Gasteiger partial charge in [0.2, 0.25) is 5.91 Å². The van der Waals surface area contributed by atoms with E-state index in [1.807, 2.05) is 13.8 Å². The molecule has 0 spiro atoms. The Balaban J connectivity index is 2.32. The molecule has 1 aromatic rings. The number of primary amides is 1. The van der Waals surface area contributed by atoms with E-state index in [0.29, 0.717) is 30.7 Å². The van der Waals surface area contributed by atoms with Gasteiger partial charge in [-0.1, -0.05) is 11.6 Å². The van der Waals surface area contributed by atoms with E-state index < -0.39 is 11.4 Å². The third-order valence-corrected chi connectivity index (χ3v) is 4.43. The summed E-state index contributed by atoms with van der Waals surface area (Å²) in [4.78, 5) is 26.4. The molecule has 1 atom stereocenters. The van der Waals surface area contributed by atoms with Gasteiger partial charge in [-0.15, -0.1) is 0 Å². The van der Waals surface area contributed by atoms with E-state index in [9.17, 15) is 9.59 Å². The highest BCUT2D eigenvalue weighted by Crippen LogP contribution is 2.33. The standard InChI is InChI=1S/C17H23ClN2O4/c1-11(2)24-12-5-6-13(14(18)9-12)15(21)20-8-4-7-17(20,10-23-3)16(19)22/h5-6,9,11H,4,7-8,10H2,1-3H3,(H2,19,22). The van der Waals surface area contributed by atoms with Crippen LogP contribution in [0.25, 0.3) is 0 Å². The lowest BCUT2D eigenvalue weighted by Crippen LogP contribution is -2.58. The number of nitrogens with two attached hydrogens (primary N) is 1. The third-order valence-electron chi connectivity index (χ3n) is 4.12. The minimum atomic E-state index is -1.12. The van der Waals surface area contributed by atoms with E-state index in [1.54, 1.807) is 18.2 Å². The van der Waals surface area contributed by atoms with E-state index in [4.69, 9.17) is 26.8 Å². The fourth-order valence-corrected chi connectivity index (χ4v) is 3.30. The Morgan fingerprint density at radius 1 is 1.42 bits per heavy atom. The first-order valence-electron chi connectivity index (χ1n) is 7.89. The largest absolute Gasteiger partial charge is 0.491 e. The van der Waals surface area contributed by atoms with Gasteiger partial charge in [-0.2, -0.15) is 0 Å². The summed E-state index contributed by atoms with van der Waals surface area (Å²) in [5.74, 6) is -0.304. The number of methoxy groups -OCH3 is 1. The number of hydrogen-bond acceptors (Lipinski definition) is 4. The summed E-state index contributed by atoms with van der Waals surface area (Å²) in [6.07, 6.45) is 1.17. The molecule has 6 nitrogen and oxygen atoms in total. The highest BCUT2D eigenvalue weighted by Gasteiger charge is 2.49. The maximum Gasteiger partial charge on any atom is 0.256 e. The van der Waals surface area contributed by atoms with Gasteiger partial charge in [-0.3, -0.25) is 9.59 Å². The van der Waals surface area contributed by atoms with Crippen LogP contribution >= 0.6 is 11.6 Å². The lowest BCUT2D eigenvalue weighted by atomic mass is 9.95. The molecule has 0 saturated carbocycles. The van der Waals surface area contributed by atoms with Gasteiger partial charge < -0.3 is 20.1 Å². The molecule has 1 unspecified atom stereocenters. The number of halogens is 1. The minimum absolute atomic E-state index is 0.00501. The zero-order valence-electron chi connectivity index (χ0n) is 14.2. The normalized spacial score (nSPS) is 20.5. The van der Waals surface area contributed by atoms with Crippen molar-refractivity contribution in [3.63, 3.8) is 0 Å². The van der Waals surface area contributed by atoms with Gasteiger partial charge in [-0.25, -0.2) is 0 Å². The number of carbonyl (C=O) groups is 2. The van der Waals surface area contributed by atoms with E-state index in [0.717, 1.165) is 0 Å². The van der Waals surface area contributed by atoms with E-state index in [-0.39, 0.29) is 23.6 Å². The van der Waals surface area contributed by atoms with Crippen LogP contribution in [0.15, 0.2) is 18.2 Å². The Labute approximate surface area is 146 Å². The van der Waals surface area contributed by atoms with Gasteiger partial charge in [0, 0.05) is 13.7 Å². The van der Waals surface area contributed by atoms with Crippen molar-refractivity contribution < 1.29 is 19.1 Å². The van der Waals surface area contributed by atoms with Crippen molar-refractivity contribution in [1.82, 2.24) is 4.90 Å². The number of rotatable bonds is 6. The van der Waals surface area contributed by atoms with Crippen molar-refractivity contribution in [2.24, 2.45) is 5.73 Å². The topological polar surface area (TPSA) is 81.9 Å². The van der Waals surface area contributed by atoms with Crippen molar-refractivity contribution in [3.05, 3.63) is 28.8 Å². The molecular weight excluding hydrogens is 332 g/mol. The lowest BCUT2D eigenvalue weighted by molar-refractivity contribution is -0.130. The summed E-state index contributed by atoms with van der Waals surface area (Å²) in [5, 5.41) is 0.279. The molecule has 132 valence electrons. The highest BCUT2D eigenvalue weighted by molar-refractivity contribution is 6.34. The molecule has 1 fully saturated rings. The monoisotopic (exact) mass is 354 g/mol. The first kappa shape index (κ1) is 18.5. The number of ether oxygens (including phenoxy) is 2. The maximum absolute atomic E-state index is 12.9. The van der Waals surface area contributed by atoms with Crippen LogP contribution in [0, 0.1) is 0 Å². The summed E-state index contributed by atoms with van der Waals surface area (Å²) in [6.45, 7) is 4.32. The number of amides is 2. The number of benzene rings is 1. The van der Waals surface area contributed by atoms with Crippen LogP contribution in [0.5, 0.6) is 5.75 Å². The van der Waals surface area contributed by atoms with Crippen LogP contribution in [0.2, 0.25) is 5.02 Å². The summed E-state index contributed by atoms with van der Waals surface area (Å²) in [6, 6.07) is 4.91. The second-order valence-corrected chi connectivity index (χ2v) is 6.60. The van der Waals surface area contributed by atoms with Crippen molar-refractivity contribution in [2.45, 2.75) is 38.3 Å². The van der Waals surface area contributed by atoms with Gasteiger partial charge in [0.15, 0.2) is 0 Å². The van der Waals surface area contributed by atoms with E-state index >= 15 is 0 Å². The van der Waals surface area contributed by atoms with E-state index in [2.05, 4.69) is 0 Å². The Hall–Kier alpha value is -1.79. The molecule has 1 aliphatic rings. The second kappa shape index (κ2) is 7.40. The average molecular weight is 355 g/mol. The molecule has 1 aromatic carbocycles. The second-order valence-electron chi connectivity index (χ2n) is 6.20. The molecule has 0 aliphatic carbocycles. The number of likely N-dealkylation sites (tertiary alicyclic amines) is 1. The Morgan fingerprint density at radius 3 is 2.67 bits per heavy atom. The fourth-order valence-electron chi connectivity index (χ4n) is 3.05. The van der Waals surface area contributed by atoms with Crippen LogP contribution in [-0.2, 0) is 9.53 Å². The van der Waals surface area contributed by atoms with Crippen molar-refractivity contribution in [3.8, 4) is 5.75 Å².